The summed E-state index contributed by atoms with van der Waals surface area (Å²) in [4.78, 5) is 11.6. The molecular formula is C18H26N6. The van der Waals surface area contributed by atoms with Crippen LogP contribution >= 0.6 is 0 Å². The van der Waals surface area contributed by atoms with Crippen LogP contribution in [0.2, 0.25) is 0 Å². The van der Waals surface area contributed by atoms with E-state index in [0.717, 1.165) is 44.1 Å². The Hall–Kier alpha value is -1.82. The molecule has 1 saturated heterocycles. The average molecular weight is 326 g/mol. The third-order valence-corrected chi connectivity index (χ3v) is 5.35. The lowest BCUT2D eigenvalue weighted by molar-refractivity contribution is 0.453. The van der Waals surface area contributed by atoms with Crippen LogP contribution in [-0.2, 0) is 0 Å². The number of anilines is 1. The van der Waals surface area contributed by atoms with Crippen LogP contribution in [0.4, 0.5) is 5.82 Å². The van der Waals surface area contributed by atoms with Crippen LogP contribution in [-0.4, -0.2) is 42.7 Å². The van der Waals surface area contributed by atoms with Crippen LogP contribution in [0, 0.1) is 6.92 Å². The molecule has 1 N–H and O–H groups in total. The highest BCUT2D eigenvalue weighted by Gasteiger charge is 2.29. The summed E-state index contributed by atoms with van der Waals surface area (Å²) in [6.45, 7) is 4.98. The minimum Gasteiger partial charge on any atom is -0.357 e. The third kappa shape index (κ3) is 3.07. The second-order valence-electron chi connectivity index (χ2n) is 7.18. The first kappa shape index (κ1) is 15.7. The molecule has 0 aromatic carbocycles. The molecule has 0 amide bonds. The number of rotatable bonds is 4. The van der Waals surface area contributed by atoms with Crippen molar-refractivity contribution in [2.75, 3.05) is 31.6 Å². The molecule has 0 radical (unpaired) electrons. The van der Waals surface area contributed by atoms with E-state index in [1.165, 1.54) is 36.2 Å². The second kappa shape index (κ2) is 6.59. The van der Waals surface area contributed by atoms with Crippen LogP contribution in [0.3, 0.4) is 0 Å². The molecule has 3 aliphatic rings. The van der Waals surface area contributed by atoms with Gasteiger partial charge in [0, 0.05) is 32.1 Å². The Morgan fingerprint density at radius 2 is 2.17 bits per heavy atom. The number of hydrogen-bond acceptors (Lipinski definition) is 6. The van der Waals surface area contributed by atoms with E-state index in [4.69, 9.17) is 4.98 Å². The minimum atomic E-state index is 0.211. The molecule has 0 bridgehead atoms. The zero-order valence-electron chi connectivity index (χ0n) is 14.6. The molecule has 6 nitrogen and oxygen atoms in total. The van der Waals surface area contributed by atoms with Crippen LogP contribution in [0.5, 0.6) is 0 Å². The predicted molar refractivity (Wildman–Crippen MR) is 94.4 cm³/mol. The number of nitrogens with zero attached hydrogens (tertiary/aromatic N) is 5. The number of allylic oxidation sites excluding steroid dienone is 1. The molecule has 4 rings (SSSR count). The summed E-state index contributed by atoms with van der Waals surface area (Å²) in [6, 6.07) is 2.38. The van der Waals surface area contributed by atoms with Gasteiger partial charge in [-0.2, -0.15) is 10.2 Å². The van der Waals surface area contributed by atoms with Crippen LogP contribution < -0.4 is 10.2 Å². The van der Waals surface area contributed by atoms with Gasteiger partial charge < -0.3 is 10.2 Å². The molecule has 1 aromatic heterocycles. The van der Waals surface area contributed by atoms with E-state index < -0.39 is 0 Å². The zero-order valence-corrected chi connectivity index (χ0v) is 14.6. The number of aromatic nitrogens is 2. The maximum atomic E-state index is 4.70. The Balaban J connectivity index is 1.50. The number of hydrogen-bond donors (Lipinski definition) is 1. The highest BCUT2D eigenvalue weighted by molar-refractivity contribution is 5.41. The Morgan fingerprint density at radius 3 is 3.00 bits per heavy atom. The molecule has 1 aromatic rings. The summed E-state index contributed by atoms with van der Waals surface area (Å²) in [5.41, 5.74) is 3.86. The van der Waals surface area contributed by atoms with Crippen molar-refractivity contribution in [3.63, 3.8) is 0 Å². The van der Waals surface area contributed by atoms with Gasteiger partial charge in [-0.1, -0.05) is 0 Å². The van der Waals surface area contributed by atoms with Crippen molar-refractivity contribution in [3.8, 4) is 0 Å². The molecule has 0 spiro atoms. The maximum Gasteiger partial charge on any atom is 0.132 e. The van der Waals surface area contributed by atoms with Crippen molar-refractivity contribution in [2.24, 2.45) is 10.2 Å². The van der Waals surface area contributed by atoms with E-state index >= 15 is 0 Å². The molecule has 3 heterocycles. The smallest absolute Gasteiger partial charge is 0.132 e. The van der Waals surface area contributed by atoms with Gasteiger partial charge in [0.25, 0.3) is 0 Å². The number of azo groups is 1. The van der Waals surface area contributed by atoms with Gasteiger partial charge in [-0.05, 0) is 51.1 Å². The first-order chi connectivity index (χ1) is 11.7. The van der Waals surface area contributed by atoms with Gasteiger partial charge in [0.05, 0.1) is 11.4 Å². The lowest BCUT2D eigenvalue weighted by atomic mass is 9.96. The molecule has 6 heteroatoms. The van der Waals surface area contributed by atoms with E-state index in [9.17, 15) is 0 Å². The lowest BCUT2D eigenvalue weighted by Crippen LogP contribution is -2.31. The summed E-state index contributed by atoms with van der Waals surface area (Å²) < 4.78 is 0. The van der Waals surface area contributed by atoms with Gasteiger partial charge in [-0.25, -0.2) is 9.97 Å². The summed E-state index contributed by atoms with van der Waals surface area (Å²) in [7, 11) is 2.10. The highest BCUT2D eigenvalue weighted by atomic mass is 15.2. The van der Waals surface area contributed by atoms with Crippen molar-refractivity contribution in [1.29, 1.82) is 0 Å². The summed E-state index contributed by atoms with van der Waals surface area (Å²) >= 11 is 0. The molecule has 1 fully saturated rings. The molecule has 2 atom stereocenters. The lowest BCUT2D eigenvalue weighted by Gasteiger charge is -2.25. The summed E-state index contributed by atoms with van der Waals surface area (Å²) in [6.07, 6.45) is 5.92. The number of nitrogens with one attached hydrogen (secondary N) is 1. The molecular weight excluding hydrogens is 300 g/mol. The fourth-order valence-corrected chi connectivity index (χ4v) is 4.02. The van der Waals surface area contributed by atoms with Crippen LogP contribution in [0.15, 0.2) is 27.6 Å². The first-order valence-electron chi connectivity index (χ1n) is 9.11. The second-order valence-corrected chi connectivity index (χ2v) is 7.18. The van der Waals surface area contributed by atoms with Gasteiger partial charge in [0.1, 0.15) is 17.7 Å². The van der Waals surface area contributed by atoms with Gasteiger partial charge in [0.2, 0.25) is 0 Å². The number of piperidine rings is 1. The van der Waals surface area contributed by atoms with Crippen molar-refractivity contribution >= 4 is 5.82 Å². The molecule has 24 heavy (non-hydrogen) atoms. The standard InChI is InChI=1S/C18H26N6/c1-12-20-16(13-5-4-8-19-10-13)9-18(21-12)24(2)11-17-14-6-3-7-15(14)22-23-17/h9,13,17,19H,3-8,10-11H2,1-2H3/t13-,17+/m0/s1. The van der Waals surface area contributed by atoms with Gasteiger partial charge in [-0.3, -0.25) is 0 Å². The number of aryl methyl sites for hydroxylation is 1. The van der Waals surface area contributed by atoms with E-state index in [0.29, 0.717) is 5.92 Å². The van der Waals surface area contributed by atoms with Crippen molar-refractivity contribution in [3.05, 3.63) is 28.9 Å². The largest absolute Gasteiger partial charge is 0.357 e. The fourth-order valence-electron chi connectivity index (χ4n) is 4.02. The minimum absolute atomic E-state index is 0.211. The number of likely N-dealkylation sites (N-methyl/N-ethyl adjacent to an activating group) is 1. The van der Waals surface area contributed by atoms with Crippen molar-refractivity contribution in [2.45, 2.75) is 51.0 Å². The third-order valence-electron chi connectivity index (χ3n) is 5.35. The molecule has 0 saturated carbocycles. The van der Waals surface area contributed by atoms with Crippen molar-refractivity contribution < 1.29 is 0 Å². The Morgan fingerprint density at radius 1 is 1.25 bits per heavy atom. The monoisotopic (exact) mass is 326 g/mol. The predicted octanol–water partition coefficient (Wildman–Crippen LogP) is 2.96. The Labute approximate surface area is 143 Å². The Bertz CT molecular complexity index is 674. The summed E-state index contributed by atoms with van der Waals surface area (Å²) in [5.74, 6) is 2.36. The van der Waals surface area contributed by atoms with E-state index in [-0.39, 0.29) is 6.04 Å². The topological polar surface area (TPSA) is 65.8 Å². The van der Waals surface area contributed by atoms with E-state index in [1.807, 2.05) is 6.92 Å². The van der Waals surface area contributed by atoms with Gasteiger partial charge in [-0.15, -0.1) is 0 Å². The van der Waals surface area contributed by atoms with E-state index in [2.05, 4.69) is 38.5 Å². The first-order valence-corrected chi connectivity index (χ1v) is 9.11. The van der Waals surface area contributed by atoms with Crippen LogP contribution in [0.1, 0.15) is 49.5 Å². The summed E-state index contributed by atoms with van der Waals surface area (Å²) in [5, 5.41) is 12.3. The normalized spacial score (nSPS) is 26.1. The maximum absolute atomic E-state index is 4.70. The Kier molecular flexibility index (Phi) is 4.31. The molecule has 128 valence electrons. The molecule has 2 aliphatic heterocycles. The average Bonchev–Trinajstić information content (AvgIpc) is 3.20. The fraction of sp³-hybridized carbons (Fsp3) is 0.667. The molecule has 0 unspecified atom stereocenters. The van der Waals surface area contributed by atoms with Crippen molar-refractivity contribution in [1.82, 2.24) is 15.3 Å². The molecule has 1 aliphatic carbocycles. The van der Waals surface area contributed by atoms with Crippen LogP contribution in [0.25, 0.3) is 0 Å². The zero-order chi connectivity index (χ0) is 16.5. The van der Waals surface area contributed by atoms with Gasteiger partial charge in [0.15, 0.2) is 0 Å². The van der Waals surface area contributed by atoms with E-state index in [1.54, 1.807) is 0 Å². The SMILES string of the molecule is Cc1nc([C@H]2CCCNC2)cc(N(C)C[C@H]2N=NC3=C2CCC3)n1. The quantitative estimate of drug-likeness (QED) is 0.924. The highest BCUT2D eigenvalue weighted by Crippen LogP contribution is 2.36. The van der Waals surface area contributed by atoms with Gasteiger partial charge >= 0.3 is 0 Å².